The molecule has 2 rings (SSSR count). The lowest BCUT2D eigenvalue weighted by atomic mass is 10.1. The van der Waals surface area contributed by atoms with Gasteiger partial charge in [0.25, 0.3) is 5.91 Å². The summed E-state index contributed by atoms with van der Waals surface area (Å²) in [6.07, 6.45) is 0.774. The van der Waals surface area contributed by atoms with Crippen molar-refractivity contribution in [3.63, 3.8) is 0 Å². The Morgan fingerprint density at radius 2 is 2.06 bits per heavy atom. The smallest absolute Gasteiger partial charge is 0.253 e. The van der Waals surface area contributed by atoms with Gasteiger partial charge in [0.2, 0.25) is 0 Å². The summed E-state index contributed by atoms with van der Waals surface area (Å²) in [6.45, 7) is 0.961. The third-order valence-corrected chi connectivity index (χ3v) is 3.03. The summed E-state index contributed by atoms with van der Waals surface area (Å²) in [5.74, 6) is -0.710. The second-order valence-corrected chi connectivity index (χ2v) is 4.25. The highest BCUT2D eigenvalue weighted by atomic mass is 16.3. The number of carbonyl (C=O) groups excluding carboxylic acids is 1. The van der Waals surface area contributed by atoms with Crippen molar-refractivity contribution in [1.29, 1.82) is 0 Å². The van der Waals surface area contributed by atoms with E-state index in [-0.39, 0.29) is 23.3 Å². The number of benzene rings is 1. The predicted molar refractivity (Wildman–Crippen MR) is 61.4 cm³/mol. The topological polar surface area (TPSA) is 89.6 Å². The van der Waals surface area contributed by atoms with Crippen LogP contribution in [0.15, 0.2) is 18.2 Å². The lowest BCUT2D eigenvalue weighted by Gasteiger charge is -2.31. The number of hydrogen-bond donors (Lipinski definition) is 2. The molecule has 5 heteroatoms. The van der Waals surface area contributed by atoms with Crippen molar-refractivity contribution in [2.45, 2.75) is 18.9 Å². The molecule has 1 saturated heterocycles. The van der Waals surface area contributed by atoms with E-state index in [0.29, 0.717) is 25.9 Å². The Hall–Kier alpha value is -1.75. The van der Waals surface area contributed by atoms with E-state index in [1.807, 2.05) is 0 Å². The number of aliphatic hydroxyl groups excluding tert-OH is 1. The van der Waals surface area contributed by atoms with Crippen LogP contribution in [0.5, 0.6) is 5.75 Å². The fraction of sp³-hybridized carbons (Fsp3) is 0.417. The van der Waals surface area contributed by atoms with Crippen LogP contribution >= 0.6 is 0 Å². The number of nitrogens with two attached hydrogens (primary N) is 1. The molecular formula is C12H15N2O3-. The van der Waals surface area contributed by atoms with Gasteiger partial charge in [-0.2, -0.15) is 0 Å². The normalized spacial score (nSPS) is 17.1. The predicted octanol–water partition coefficient (Wildman–Crippen LogP) is -0.0607. The Morgan fingerprint density at radius 3 is 2.71 bits per heavy atom. The molecule has 92 valence electrons. The summed E-state index contributed by atoms with van der Waals surface area (Å²) < 4.78 is 0. The van der Waals surface area contributed by atoms with Gasteiger partial charge in [0, 0.05) is 24.3 Å². The van der Waals surface area contributed by atoms with E-state index in [4.69, 9.17) is 5.73 Å². The lowest BCUT2D eigenvalue weighted by molar-refractivity contribution is -0.267. The van der Waals surface area contributed by atoms with Crippen LogP contribution in [0.3, 0.4) is 0 Å². The summed E-state index contributed by atoms with van der Waals surface area (Å²) in [5.41, 5.74) is 5.69. The minimum absolute atomic E-state index is 0.0906. The maximum absolute atomic E-state index is 12.1. The van der Waals surface area contributed by atoms with Gasteiger partial charge in [-0.3, -0.25) is 4.79 Å². The van der Waals surface area contributed by atoms with Gasteiger partial charge in [-0.25, -0.2) is 0 Å². The van der Waals surface area contributed by atoms with Gasteiger partial charge < -0.3 is 20.8 Å². The average Bonchev–Trinajstić information content (AvgIpc) is 2.33. The Balaban J connectivity index is 2.17. The number of para-hydroxylation sites is 1. The minimum atomic E-state index is -0.413. The molecule has 1 aromatic carbocycles. The number of anilines is 1. The molecule has 1 aliphatic heterocycles. The lowest BCUT2D eigenvalue weighted by Crippen LogP contribution is -2.40. The molecule has 0 radical (unpaired) electrons. The van der Waals surface area contributed by atoms with Gasteiger partial charge in [-0.1, -0.05) is 11.8 Å². The van der Waals surface area contributed by atoms with Crippen LogP contribution in [-0.4, -0.2) is 35.1 Å². The van der Waals surface area contributed by atoms with Gasteiger partial charge in [-0.05, 0) is 25.0 Å². The Kier molecular flexibility index (Phi) is 3.19. The molecule has 1 aromatic rings. The first kappa shape index (κ1) is 11.7. The van der Waals surface area contributed by atoms with Crippen molar-refractivity contribution in [1.82, 2.24) is 4.90 Å². The first-order valence-electron chi connectivity index (χ1n) is 5.62. The third-order valence-electron chi connectivity index (χ3n) is 3.03. The number of amides is 1. The van der Waals surface area contributed by atoms with Gasteiger partial charge in [0.05, 0.1) is 6.10 Å². The highest BCUT2D eigenvalue weighted by molar-refractivity contribution is 5.98. The van der Waals surface area contributed by atoms with Crippen LogP contribution in [0.25, 0.3) is 0 Å². The van der Waals surface area contributed by atoms with Crippen LogP contribution in [0, 0.1) is 0 Å². The van der Waals surface area contributed by atoms with Crippen LogP contribution in [-0.2, 0) is 0 Å². The molecule has 0 unspecified atom stereocenters. The first-order chi connectivity index (χ1) is 8.09. The van der Waals surface area contributed by atoms with Crippen LogP contribution in [0.4, 0.5) is 5.69 Å². The molecule has 0 spiro atoms. The number of rotatable bonds is 1. The van der Waals surface area contributed by atoms with Crippen molar-refractivity contribution in [3.8, 4) is 5.75 Å². The molecule has 3 N–H and O–H groups in total. The van der Waals surface area contributed by atoms with E-state index in [2.05, 4.69) is 0 Å². The molecule has 5 nitrogen and oxygen atoms in total. The number of nitrogen functional groups attached to an aromatic ring is 1. The zero-order valence-electron chi connectivity index (χ0n) is 9.43. The van der Waals surface area contributed by atoms with E-state index >= 15 is 0 Å². The molecular weight excluding hydrogens is 220 g/mol. The number of nitrogens with zero attached hydrogens (tertiary/aromatic N) is 1. The second kappa shape index (κ2) is 4.63. The molecule has 1 aliphatic rings. The SMILES string of the molecule is Nc1cccc(C(=O)N2CCC(O)CC2)c1[O-]. The number of piperidine rings is 1. The minimum Gasteiger partial charge on any atom is -0.871 e. The number of hydrogen-bond acceptors (Lipinski definition) is 4. The van der Waals surface area contributed by atoms with Crippen LogP contribution in [0.2, 0.25) is 0 Å². The van der Waals surface area contributed by atoms with Crippen molar-refractivity contribution in [2.24, 2.45) is 0 Å². The molecule has 1 heterocycles. The second-order valence-electron chi connectivity index (χ2n) is 4.25. The molecule has 0 atom stereocenters. The summed E-state index contributed by atoms with van der Waals surface area (Å²) in [5, 5.41) is 21.1. The fourth-order valence-electron chi connectivity index (χ4n) is 1.96. The van der Waals surface area contributed by atoms with Crippen LogP contribution in [0.1, 0.15) is 23.2 Å². The van der Waals surface area contributed by atoms with E-state index in [1.165, 1.54) is 12.1 Å². The average molecular weight is 235 g/mol. The molecule has 0 aromatic heterocycles. The number of likely N-dealkylation sites (tertiary alicyclic amines) is 1. The summed E-state index contributed by atoms with van der Waals surface area (Å²) in [4.78, 5) is 13.7. The maximum atomic E-state index is 12.1. The van der Waals surface area contributed by atoms with Gasteiger partial charge in [-0.15, -0.1) is 0 Å². The monoisotopic (exact) mass is 235 g/mol. The highest BCUT2D eigenvalue weighted by Gasteiger charge is 2.22. The number of carbonyl (C=O) groups is 1. The zero-order valence-corrected chi connectivity index (χ0v) is 9.43. The van der Waals surface area contributed by atoms with Crippen molar-refractivity contribution < 1.29 is 15.0 Å². The van der Waals surface area contributed by atoms with E-state index in [1.54, 1.807) is 11.0 Å². The number of aliphatic hydroxyl groups is 1. The molecule has 0 aliphatic carbocycles. The molecule has 0 saturated carbocycles. The highest BCUT2D eigenvalue weighted by Crippen LogP contribution is 2.24. The Bertz CT molecular complexity index is 426. The van der Waals surface area contributed by atoms with E-state index < -0.39 is 5.75 Å². The summed E-state index contributed by atoms with van der Waals surface area (Å²) >= 11 is 0. The van der Waals surface area contributed by atoms with E-state index in [9.17, 15) is 15.0 Å². The van der Waals surface area contributed by atoms with Gasteiger partial charge >= 0.3 is 0 Å². The molecule has 17 heavy (non-hydrogen) atoms. The molecule has 1 amide bonds. The molecule has 1 fully saturated rings. The van der Waals surface area contributed by atoms with Gasteiger partial charge in [0.15, 0.2) is 0 Å². The largest absolute Gasteiger partial charge is 0.871 e. The Morgan fingerprint density at radius 1 is 1.41 bits per heavy atom. The first-order valence-corrected chi connectivity index (χ1v) is 5.62. The Labute approximate surface area is 99.5 Å². The van der Waals surface area contributed by atoms with Crippen LogP contribution < -0.4 is 10.8 Å². The van der Waals surface area contributed by atoms with Crippen molar-refractivity contribution in [3.05, 3.63) is 23.8 Å². The quantitative estimate of drug-likeness (QED) is 0.667. The molecule has 0 bridgehead atoms. The fourth-order valence-corrected chi connectivity index (χ4v) is 1.96. The summed E-state index contributed by atoms with van der Waals surface area (Å²) in [7, 11) is 0. The van der Waals surface area contributed by atoms with Gasteiger partial charge in [0.1, 0.15) is 0 Å². The standard InChI is InChI=1S/C12H16N2O3/c13-10-3-1-2-9(11(10)16)12(17)14-6-4-8(15)5-7-14/h1-3,8,15-16H,4-7,13H2/p-1. The van der Waals surface area contributed by atoms with E-state index in [0.717, 1.165) is 0 Å². The maximum Gasteiger partial charge on any atom is 0.253 e. The zero-order chi connectivity index (χ0) is 12.4. The van der Waals surface area contributed by atoms with Crippen molar-refractivity contribution in [2.75, 3.05) is 18.8 Å². The van der Waals surface area contributed by atoms with Crippen molar-refractivity contribution >= 4 is 11.6 Å². The third kappa shape index (κ3) is 2.34. The summed E-state index contributed by atoms with van der Waals surface area (Å²) in [6, 6.07) is 4.58.